The Balaban J connectivity index is 2.19. The van der Waals surface area contributed by atoms with E-state index in [1.54, 1.807) is 44.4 Å². The van der Waals surface area contributed by atoms with E-state index in [1.807, 2.05) is 0 Å². The van der Waals surface area contributed by atoms with E-state index >= 15 is 0 Å². The Morgan fingerprint density at radius 3 is 2.43 bits per heavy atom. The van der Waals surface area contributed by atoms with Crippen LogP contribution in [0.1, 0.15) is 17.3 Å². The number of esters is 1. The highest BCUT2D eigenvalue weighted by atomic mass is 35.5. The summed E-state index contributed by atoms with van der Waals surface area (Å²) in [7, 11) is 3.06. The Morgan fingerprint density at radius 1 is 1.07 bits per heavy atom. The van der Waals surface area contributed by atoms with E-state index in [-0.39, 0.29) is 12.2 Å². The Hall–Kier alpha value is -2.70. The lowest BCUT2D eigenvalue weighted by molar-refractivity contribution is 0.0527. The van der Waals surface area contributed by atoms with Gasteiger partial charge in [-0.3, -0.25) is 4.98 Å². The van der Waals surface area contributed by atoms with Crippen LogP contribution in [-0.2, 0) is 4.74 Å². The molecule has 0 aliphatic rings. The van der Waals surface area contributed by atoms with Crippen molar-refractivity contribution in [1.82, 2.24) is 4.98 Å². The van der Waals surface area contributed by atoms with Crippen molar-refractivity contribution in [2.75, 3.05) is 26.1 Å². The Labute approximate surface area is 172 Å². The lowest BCUT2D eigenvalue weighted by Crippen LogP contribution is -2.09. The molecule has 0 aliphatic heterocycles. The minimum absolute atomic E-state index is 0.245. The summed E-state index contributed by atoms with van der Waals surface area (Å²) in [4.78, 5) is 16.8. The minimum atomic E-state index is -0.493. The molecule has 146 valence electrons. The summed E-state index contributed by atoms with van der Waals surface area (Å²) in [5.41, 5.74) is 2.06. The number of benzene rings is 2. The number of anilines is 2. The number of fused-ring (bicyclic) bond motifs is 1. The van der Waals surface area contributed by atoms with Gasteiger partial charge in [-0.2, -0.15) is 0 Å². The van der Waals surface area contributed by atoms with Crippen molar-refractivity contribution in [1.29, 1.82) is 0 Å². The standard InChI is InChI=1S/C20H18Cl2N2O4/c1-4-28-20(25)13-10-23-16-9-15(22)18(27-3)8-12(16)19(13)24-11-5-6-17(26-2)14(21)7-11/h5-10H,4H2,1-3H3,(H,23,24). The van der Waals surface area contributed by atoms with E-state index in [0.29, 0.717) is 43.8 Å². The van der Waals surface area contributed by atoms with Crippen LogP contribution in [0.25, 0.3) is 10.9 Å². The number of carbonyl (C=O) groups is 1. The summed E-state index contributed by atoms with van der Waals surface area (Å²) < 4.78 is 15.7. The topological polar surface area (TPSA) is 69.7 Å². The molecule has 1 heterocycles. The van der Waals surface area contributed by atoms with Gasteiger partial charge in [-0.1, -0.05) is 23.2 Å². The number of aromatic nitrogens is 1. The molecule has 0 saturated heterocycles. The number of halogens is 2. The number of nitrogens with one attached hydrogen (secondary N) is 1. The zero-order valence-corrected chi connectivity index (χ0v) is 17.0. The number of carbonyl (C=O) groups excluding carboxylic acids is 1. The first-order chi connectivity index (χ1) is 13.5. The third-order valence-electron chi connectivity index (χ3n) is 4.06. The highest BCUT2D eigenvalue weighted by molar-refractivity contribution is 6.33. The van der Waals surface area contributed by atoms with Crippen molar-refractivity contribution >= 4 is 51.4 Å². The fourth-order valence-corrected chi connectivity index (χ4v) is 3.23. The van der Waals surface area contributed by atoms with Gasteiger partial charge in [-0.15, -0.1) is 0 Å². The third kappa shape index (κ3) is 3.93. The summed E-state index contributed by atoms with van der Waals surface area (Å²) in [5.74, 6) is 0.520. The maximum Gasteiger partial charge on any atom is 0.341 e. The van der Waals surface area contributed by atoms with Crippen molar-refractivity contribution in [3.8, 4) is 11.5 Å². The second kappa shape index (κ2) is 8.54. The van der Waals surface area contributed by atoms with Crippen LogP contribution >= 0.6 is 23.2 Å². The van der Waals surface area contributed by atoms with Crippen molar-refractivity contribution in [2.45, 2.75) is 6.92 Å². The third-order valence-corrected chi connectivity index (χ3v) is 4.65. The van der Waals surface area contributed by atoms with Crippen LogP contribution in [0.15, 0.2) is 36.5 Å². The summed E-state index contributed by atoms with van der Waals surface area (Å²) in [6.45, 7) is 1.99. The van der Waals surface area contributed by atoms with Crippen LogP contribution < -0.4 is 14.8 Å². The number of nitrogens with zero attached hydrogens (tertiary/aromatic N) is 1. The Kier molecular flexibility index (Phi) is 6.11. The highest BCUT2D eigenvalue weighted by Crippen LogP contribution is 2.37. The van der Waals surface area contributed by atoms with Crippen LogP contribution in [0.2, 0.25) is 10.0 Å². The summed E-state index contributed by atoms with van der Waals surface area (Å²) >= 11 is 12.4. The Bertz CT molecular complexity index is 1040. The number of pyridine rings is 1. The first-order valence-electron chi connectivity index (χ1n) is 8.42. The number of methoxy groups -OCH3 is 2. The van der Waals surface area contributed by atoms with Crippen molar-refractivity contribution in [3.05, 3.63) is 52.1 Å². The second-order valence-corrected chi connectivity index (χ2v) is 6.56. The van der Waals surface area contributed by atoms with Gasteiger partial charge in [0.25, 0.3) is 0 Å². The van der Waals surface area contributed by atoms with E-state index in [0.717, 1.165) is 0 Å². The largest absolute Gasteiger partial charge is 0.495 e. The van der Waals surface area contributed by atoms with Gasteiger partial charge in [0, 0.05) is 17.3 Å². The molecule has 0 fully saturated rings. The number of ether oxygens (including phenoxy) is 3. The molecule has 0 spiro atoms. The van der Waals surface area contributed by atoms with Crippen LogP contribution in [0.3, 0.4) is 0 Å². The number of hydrogen-bond acceptors (Lipinski definition) is 6. The van der Waals surface area contributed by atoms with Gasteiger partial charge >= 0.3 is 5.97 Å². The van der Waals surface area contributed by atoms with E-state index in [1.165, 1.54) is 13.3 Å². The van der Waals surface area contributed by atoms with Crippen LogP contribution in [0, 0.1) is 0 Å². The van der Waals surface area contributed by atoms with E-state index in [2.05, 4.69) is 10.3 Å². The first-order valence-corrected chi connectivity index (χ1v) is 9.18. The first kappa shape index (κ1) is 20.0. The lowest BCUT2D eigenvalue weighted by Gasteiger charge is -2.16. The van der Waals surface area contributed by atoms with Gasteiger partial charge in [-0.25, -0.2) is 4.79 Å². The number of rotatable bonds is 6. The minimum Gasteiger partial charge on any atom is -0.495 e. The fourth-order valence-electron chi connectivity index (χ4n) is 2.74. The molecule has 1 N–H and O–H groups in total. The molecule has 0 saturated carbocycles. The van der Waals surface area contributed by atoms with E-state index in [4.69, 9.17) is 37.4 Å². The normalized spacial score (nSPS) is 10.6. The highest BCUT2D eigenvalue weighted by Gasteiger charge is 2.19. The predicted octanol–water partition coefficient (Wildman–Crippen LogP) is 5.48. The molecule has 2 aromatic carbocycles. The Morgan fingerprint density at radius 2 is 1.79 bits per heavy atom. The monoisotopic (exact) mass is 420 g/mol. The fraction of sp³-hybridized carbons (Fsp3) is 0.200. The van der Waals surface area contributed by atoms with Crippen molar-refractivity contribution < 1.29 is 19.0 Å². The average molecular weight is 421 g/mol. The van der Waals surface area contributed by atoms with E-state index in [9.17, 15) is 4.79 Å². The molecular formula is C20H18Cl2N2O4. The zero-order valence-electron chi connectivity index (χ0n) is 15.5. The second-order valence-electron chi connectivity index (χ2n) is 5.75. The molecule has 3 aromatic rings. The predicted molar refractivity (Wildman–Crippen MR) is 111 cm³/mol. The molecule has 6 nitrogen and oxygen atoms in total. The summed E-state index contributed by atoms with van der Waals surface area (Å²) in [6.07, 6.45) is 1.45. The number of hydrogen-bond donors (Lipinski definition) is 1. The molecule has 0 bridgehead atoms. The smallest absolute Gasteiger partial charge is 0.341 e. The zero-order chi connectivity index (χ0) is 20.3. The van der Waals surface area contributed by atoms with Gasteiger partial charge in [0.1, 0.15) is 17.1 Å². The molecule has 3 rings (SSSR count). The van der Waals surface area contributed by atoms with Gasteiger partial charge in [0.05, 0.1) is 42.1 Å². The maximum absolute atomic E-state index is 12.5. The molecule has 0 atom stereocenters. The molecule has 1 aromatic heterocycles. The maximum atomic E-state index is 12.5. The van der Waals surface area contributed by atoms with Crippen LogP contribution in [-0.4, -0.2) is 31.8 Å². The summed E-state index contributed by atoms with van der Waals surface area (Å²) in [6, 6.07) is 8.63. The van der Waals surface area contributed by atoms with Crippen molar-refractivity contribution in [3.63, 3.8) is 0 Å². The van der Waals surface area contributed by atoms with Crippen LogP contribution in [0.5, 0.6) is 11.5 Å². The molecule has 0 amide bonds. The van der Waals surface area contributed by atoms with Crippen LogP contribution in [0.4, 0.5) is 11.4 Å². The molecular weight excluding hydrogens is 403 g/mol. The van der Waals surface area contributed by atoms with Gasteiger partial charge in [0.2, 0.25) is 0 Å². The lowest BCUT2D eigenvalue weighted by atomic mass is 10.1. The molecule has 8 heteroatoms. The molecule has 28 heavy (non-hydrogen) atoms. The average Bonchev–Trinajstić information content (AvgIpc) is 2.68. The summed E-state index contributed by atoms with van der Waals surface area (Å²) in [5, 5.41) is 4.75. The van der Waals surface area contributed by atoms with Gasteiger partial charge < -0.3 is 19.5 Å². The van der Waals surface area contributed by atoms with Crippen molar-refractivity contribution in [2.24, 2.45) is 0 Å². The quantitative estimate of drug-likeness (QED) is 0.532. The SMILES string of the molecule is CCOC(=O)c1cnc2cc(Cl)c(OC)cc2c1Nc1ccc(OC)c(Cl)c1. The molecule has 0 radical (unpaired) electrons. The molecule has 0 unspecified atom stereocenters. The van der Waals surface area contributed by atoms with E-state index < -0.39 is 5.97 Å². The molecule has 0 aliphatic carbocycles. The van der Waals surface area contributed by atoms with Gasteiger partial charge in [0.15, 0.2) is 0 Å². The van der Waals surface area contributed by atoms with Gasteiger partial charge in [-0.05, 0) is 37.3 Å².